The first-order valence-electron chi connectivity index (χ1n) is 7.79. The molecule has 0 aliphatic carbocycles. The number of carbonyl (C=O) groups excluding carboxylic acids is 2. The third-order valence-electron chi connectivity index (χ3n) is 2.25. The van der Waals surface area contributed by atoms with Gasteiger partial charge in [-0.3, -0.25) is 9.59 Å². The largest absolute Gasteiger partial charge is 0.466 e. The highest BCUT2D eigenvalue weighted by molar-refractivity contribution is 5.69. The number of unbranched alkanes of at least 4 members (excludes halogenated alkanes) is 1. The Bertz CT molecular complexity index is 237. The molecule has 0 aromatic rings. The van der Waals surface area contributed by atoms with Crippen molar-refractivity contribution in [1.29, 1.82) is 0 Å². The van der Waals surface area contributed by atoms with Crippen LogP contribution in [0, 0.1) is 5.92 Å². The summed E-state index contributed by atoms with van der Waals surface area (Å²) in [5.41, 5.74) is 0. The van der Waals surface area contributed by atoms with Crippen molar-refractivity contribution in [1.82, 2.24) is 0 Å². The highest BCUT2D eigenvalue weighted by Gasteiger charge is 2.01. The van der Waals surface area contributed by atoms with Crippen molar-refractivity contribution in [2.75, 3.05) is 13.2 Å². The predicted molar refractivity (Wildman–Crippen MR) is 81.5 cm³/mol. The molecular formula is C16H32O4. The van der Waals surface area contributed by atoms with Crippen molar-refractivity contribution in [3.05, 3.63) is 0 Å². The van der Waals surface area contributed by atoms with E-state index < -0.39 is 0 Å². The highest BCUT2D eigenvalue weighted by Crippen LogP contribution is 1.96. The van der Waals surface area contributed by atoms with Gasteiger partial charge in [0.1, 0.15) is 0 Å². The van der Waals surface area contributed by atoms with Gasteiger partial charge in [0.2, 0.25) is 0 Å². The first-order valence-corrected chi connectivity index (χ1v) is 7.79. The molecule has 0 aliphatic heterocycles. The van der Waals surface area contributed by atoms with Crippen LogP contribution in [-0.4, -0.2) is 25.2 Å². The summed E-state index contributed by atoms with van der Waals surface area (Å²) in [4.78, 5) is 21.4. The van der Waals surface area contributed by atoms with Gasteiger partial charge in [-0.05, 0) is 25.2 Å². The van der Waals surface area contributed by atoms with Gasteiger partial charge in [-0.1, -0.05) is 41.0 Å². The van der Waals surface area contributed by atoms with Crippen molar-refractivity contribution in [2.24, 2.45) is 5.92 Å². The van der Waals surface area contributed by atoms with E-state index in [9.17, 15) is 9.59 Å². The molecule has 0 heterocycles. The number of hydrogen-bond acceptors (Lipinski definition) is 4. The quantitative estimate of drug-likeness (QED) is 0.473. The summed E-state index contributed by atoms with van der Waals surface area (Å²) in [6.45, 7) is 11.2. The van der Waals surface area contributed by atoms with Crippen LogP contribution in [0.3, 0.4) is 0 Å². The second-order valence-corrected chi connectivity index (χ2v) is 5.15. The maximum absolute atomic E-state index is 10.7. The molecular weight excluding hydrogens is 256 g/mol. The summed E-state index contributed by atoms with van der Waals surface area (Å²) < 4.78 is 9.79. The molecule has 0 bridgehead atoms. The zero-order valence-corrected chi connectivity index (χ0v) is 13.9. The van der Waals surface area contributed by atoms with E-state index in [-0.39, 0.29) is 11.9 Å². The molecule has 0 radical (unpaired) electrons. The number of esters is 2. The number of ether oxygens (including phenoxy) is 2. The van der Waals surface area contributed by atoms with Crippen LogP contribution in [0.4, 0.5) is 0 Å². The van der Waals surface area contributed by atoms with Gasteiger partial charge in [0.05, 0.1) is 13.2 Å². The van der Waals surface area contributed by atoms with Gasteiger partial charge >= 0.3 is 11.9 Å². The lowest BCUT2D eigenvalue weighted by Gasteiger charge is -2.05. The van der Waals surface area contributed by atoms with Crippen LogP contribution in [0.2, 0.25) is 0 Å². The summed E-state index contributed by atoms with van der Waals surface area (Å²) in [5.74, 6) is 0.313. The molecule has 0 aromatic heterocycles. The molecule has 0 saturated heterocycles. The van der Waals surface area contributed by atoms with Crippen molar-refractivity contribution < 1.29 is 19.1 Å². The van der Waals surface area contributed by atoms with Crippen LogP contribution in [0.1, 0.15) is 73.1 Å². The Kier molecular flexibility index (Phi) is 17.0. The van der Waals surface area contributed by atoms with Crippen LogP contribution in [0.5, 0.6) is 0 Å². The summed E-state index contributed by atoms with van der Waals surface area (Å²) in [6, 6.07) is 0. The van der Waals surface area contributed by atoms with E-state index in [4.69, 9.17) is 9.47 Å². The maximum Gasteiger partial charge on any atom is 0.305 e. The topological polar surface area (TPSA) is 52.6 Å². The summed E-state index contributed by atoms with van der Waals surface area (Å²) in [6.07, 6.45) is 4.92. The highest BCUT2D eigenvalue weighted by atomic mass is 16.5. The lowest BCUT2D eigenvalue weighted by atomic mass is 10.2. The van der Waals surface area contributed by atoms with Gasteiger partial charge in [0.15, 0.2) is 0 Å². The molecule has 0 unspecified atom stereocenters. The van der Waals surface area contributed by atoms with Crippen LogP contribution in [0.15, 0.2) is 0 Å². The molecule has 4 heteroatoms. The van der Waals surface area contributed by atoms with Crippen LogP contribution in [-0.2, 0) is 19.1 Å². The Morgan fingerprint density at radius 2 is 1.35 bits per heavy atom. The van der Waals surface area contributed by atoms with Gasteiger partial charge in [0, 0.05) is 12.8 Å². The fraction of sp³-hybridized carbons (Fsp3) is 0.875. The molecule has 20 heavy (non-hydrogen) atoms. The average Bonchev–Trinajstić information content (AvgIpc) is 2.38. The minimum absolute atomic E-state index is 0.0593. The molecule has 0 aromatic carbocycles. The molecule has 0 N–H and O–H groups in total. The van der Waals surface area contributed by atoms with E-state index in [1.165, 1.54) is 0 Å². The second-order valence-electron chi connectivity index (χ2n) is 5.15. The fourth-order valence-electron chi connectivity index (χ4n) is 1.14. The molecule has 0 amide bonds. The number of hydrogen-bond donors (Lipinski definition) is 0. The number of carbonyl (C=O) groups is 2. The number of rotatable bonds is 9. The predicted octanol–water partition coefficient (Wildman–Crippen LogP) is 4.12. The minimum atomic E-state index is -0.0730. The summed E-state index contributed by atoms with van der Waals surface area (Å²) in [5, 5.41) is 0. The monoisotopic (exact) mass is 288 g/mol. The molecule has 0 saturated carbocycles. The molecule has 0 rings (SSSR count). The van der Waals surface area contributed by atoms with Crippen molar-refractivity contribution >= 4 is 11.9 Å². The molecule has 0 fully saturated rings. The summed E-state index contributed by atoms with van der Waals surface area (Å²) >= 11 is 0. The molecule has 0 atom stereocenters. The molecule has 4 nitrogen and oxygen atoms in total. The van der Waals surface area contributed by atoms with E-state index >= 15 is 0 Å². The Morgan fingerprint density at radius 3 is 1.75 bits per heavy atom. The van der Waals surface area contributed by atoms with E-state index in [0.29, 0.717) is 32.0 Å². The van der Waals surface area contributed by atoms with E-state index in [1.807, 2.05) is 27.7 Å². The lowest BCUT2D eigenvalue weighted by Crippen LogP contribution is -2.08. The maximum atomic E-state index is 10.7. The molecule has 0 aliphatic rings. The van der Waals surface area contributed by atoms with E-state index in [0.717, 1.165) is 25.7 Å². The van der Waals surface area contributed by atoms with Crippen LogP contribution in [0.25, 0.3) is 0 Å². The van der Waals surface area contributed by atoms with Gasteiger partial charge in [-0.25, -0.2) is 0 Å². The Balaban J connectivity index is 0. The van der Waals surface area contributed by atoms with Gasteiger partial charge < -0.3 is 9.47 Å². The van der Waals surface area contributed by atoms with Crippen LogP contribution >= 0.6 is 0 Å². The Labute approximate surface area is 124 Å². The third-order valence-corrected chi connectivity index (χ3v) is 2.25. The van der Waals surface area contributed by atoms with Crippen molar-refractivity contribution in [3.63, 3.8) is 0 Å². The standard InChI is InChI=1S/2C8H16O2/c1-4-5-8(9)10-6-7(2)3;1-3-5-7-10-8(9)6-4-2/h7H,4-6H2,1-3H3;3-7H2,1-2H3. The second kappa shape index (κ2) is 16.0. The Morgan fingerprint density at radius 1 is 0.850 bits per heavy atom. The molecule has 120 valence electrons. The summed E-state index contributed by atoms with van der Waals surface area (Å²) in [7, 11) is 0. The Hall–Kier alpha value is -1.06. The fourth-order valence-corrected chi connectivity index (χ4v) is 1.14. The first-order chi connectivity index (χ1) is 9.47. The van der Waals surface area contributed by atoms with Crippen molar-refractivity contribution in [3.8, 4) is 0 Å². The van der Waals surface area contributed by atoms with E-state index in [2.05, 4.69) is 6.92 Å². The van der Waals surface area contributed by atoms with Crippen molar-refractivity contribution in [2.45, 2.75) is 73.1 Å². The van der Waals surface area contributed by atoms with Crippen LogP contribution < -0.4 is 0 Å². The van der Waals surface area contributed by atoms with Gasteiger partial charge in [-0.15, -0.1) is 0 Å². The van der Waals surface area contributed by atoms with E-state index in [1.54, 1.807) is 0 Å². The third kappa shape index (κ3) is 19.3. The van der Waals surface area contributed by atoms with Gasteiger partial charge in [-0.2, -0.15) is 0 Å². The normalized spacial score (nSPS) is 9.70. The lowest BCUT2D eigenvalue weighted by molar-refractivity contribution is -0.145. The SMILES string of the molecule is CCCC(=O)OCC(C)C.CCCCOC(=O)CCC. The minimum Gasteiger partial charge on any atom is -0.466 e. The van der Waals surface area contributed by atoms with Gasteiger partial charge in [0.25, 0.3) is 0 Å². The smallest absolute Gasteiger partial charge is 0.305 e. The zero-order chi connectivity index (χ0) is 15.8. The first kappa shape index (κ1) is 21.2. The average molecular weight is 288 g/mol. The zero-order valence-electron chi connectivity index (χ0n) is 13.9. The molecule has 0 spiro atoms.